The molecule has 4 nitrogen and oxygen atoms in total. The molecule has 0 spiro atoms. The normalized spacial score (nSPS) is 34.2. The van der Waals surface area contributed by atoms with Crippen molar-refractivity contribution in [3.8, 4) is 0 Å². The average Bonchev–Trinajstić information content (AvgIpc) is 2.09. The summed E-state index contributed by atoms with van der Waals surface area (Å²) in [6.07, 6.45) is 0.0512. The third-order valence-electron chi connectivity index (χ3n) is 2.34. The highest BCUT2D eigenvalue weighted by Gasteiger charge is 2.33. The van der Waals surface area contributed by atoms with E-state index in [0.29, 0.717) is 19.6 Å². The van der Waals surface area contributed by atoms with Gasteiger partial charge in [0.2, 0.25) is 0 Å². The molecule has 0 aliphatic carbocycles. The number of carbonyl (C=O) groups excluding carboxylic acids is 1. The summed E-state index contributed by atoms with van der Waals surface area (Å²) in [7, 11) is 0. The highest BCUT2D eigenvalue weighted by Crippen LogP contribution is 2.18. The van der Waals surface area contributed by atoms with Gasteiger partial charge in [-0.2, -0.15) is 0 Å². The summed E-state index contributed by atoms with van der Waals surface area (Å²) < 4.78 is 4.87. The van der Waals surface area contributed by atoms with Crippen LogP contribution in [0.2, 0.25) is 0 Å². The van der Waals surface area contributed by atoms with Gasteiger partial charge in [0.05, 0.1) is 18.6 Å². The summed E-state index contributed by atoms with van der Waals surface area (Å²) in [6, 6.07) is 0.276. The maximum absolute atomic E-state index is 11.3. The smallest absolute Gasteiger partial charge is 0.311 e. The van der Waals surface area contributed by atoms with E-state index in [1.54, 1.807) is 6.92 Å². The van der Waals surface area contributed by atoms with E-state index in [4.69, 9.17) is 4.74 Å². The molecule has 0 bridgehead atoms. The van der Waals surface area contributed by atoms with Crippen LogP contribution in [-0.4, -0.2) is 36.4 Å². The molecule has 3 atom stereocenters. The van der Waals surface area contributed by atoms with Crippen LogP contribution >= 0.6 is 0 Å². The van der Waals surface area contributed by atoms with Crippen LogP contribution in [0.1, 0.15) is 20.3 Å². The Morgan fingerprint density at radius 3 is 3.00 bits per heavy atom. The minimum atomic E-state index is -0.602. The van der Waals surface area contributed by atoms with Gasteiger partial charge in [-0.05, 0) is 20.3 Å². The van der Waals surface area contributed by atoms with Gasteiger partial charge in [0.25, 0.3) is 0 Å². The lowest BCUT2D eigenvalue weighted by molar-refractivity contribution is -0.153. The number of esters is 1. The Balaban J connectivity index is 2.50. The molecule has 1 rings (SSSR count). The Kier molecular flexibility index (Phi) is 3.69. The molecule has 0 radical (unpaired) electrons. The van der Waals surface area contributed by atoms with E-state index in [2.05, 4.69) is 5.32 Å². The van der Waals surface area contributed by atoms with Crippen molar-refractivity contribution >= 4 is 5.97 Å². The van der Waals surface area contributed by atoms with Crippen LogP contribution in [0.15, 0.2) is 0 Å². The highest BCUT2D eigenvalue weighted by atomic mass is 16.5. The van der Waals surface area contributed by atoms with E-state index in [1.165, 1.54) is 0 Å². The summed E-state index contributed by atoms with van der Waals surface area (Å²) in [5.74, 6) is -0.625. The zero-order chi connectivity index (χ0) is 9.84. The zero-order valence-electron chi connectivity index (χ0n) is 8.12. The fraction of sp³-hybridized carbons (Fsp3) is 0.889. The minimum Gasteiger partial charge on any atom is -0.466 e. The minimum absolute atomic E-state index is 0.275. The van der Waals surface area contributed by atoms with Crippen LogP contribution in [0.3, 0.4) is 0 Å². The second-order valence-electron chi connectivity index (χ2n) is 3.47. The molecule has 1 aliphatic heterocycles. The molecule has 1 heterocycles. The first-order chi connectivity index (χ1) is 6.15. The van der Waals surface area contributed by atoms with Crippen molar-refractivity contribution in [1.29, 1.82) is 0 Å². The first-order valence-electron chi connectivity index (χ1n) is 4.73. The van der Waals surface area contributed by atoms with Gasteiger partial charge in [-0.3, -0.25) is 4.79 Å². The van der Waals surface area contributed by atoms with Crippen molar-refractivity contribution in [1.82, 2.24) is 5.32 Å². The van der Waals surface area contributed by atoms with E-state index in [-0.39, 0.29) is 17.9 Å². The lowest BCUT2D eigenvalue weighted by atomic mass is 9.91. The van der Waals surface area contributed by atoms with Crippen molar-refractivity contribution in [3.63, 3.8) is 0 Å². The van der Waals surface area contributed by atoms with E-state index < -0.39 is 6.10 Å². The fourth-order valence-corrected chi connectivity index (χ4v) is 1.59. The molecule has 1 fully saturated rings. The van der Waals surface area contributed by atoms with Gasteiger partial charge in [0.1, 0.15) is 0 Å². The van der Waals surface area contributed by atoms with Crippen LogP contribution in [0.5, 0.6) is 0 Å². The molecule has 2 N–H and O–H groups in total. The van der Waals surface area contributed by atoms with Crippen molar-refractivity contribution in [2.24, 2.45) is 5.92 Å². The van der Waals surface area contributed by atoms with Gasteiger partial charge in [-0.25, -0.2) is 0 Å². The van der Waals surface area contributed by atoms with Crippen LogP contribution in [0.25, 0.3) is 0 Å². The van der Waals surface area contributed by atoms with Gasteiger partial charge in [-0.15, -0.1) is 0 Å². The predicted molar refractivity (Wildman–Crippen MR) is 48.2 cm³/mol. The Hall–Kier alpha value is -0.610. The van der Waals surface area contributed by atoms with Gasteiger partial charge in [-0.1, -0.05) is 0 Å². The maximum Gasteiger partial charge on any atom is 0.311 e. The SMILES string of the molecule is CCOC(=O)[C@H]1C[C@@H](C)NCC1O. The topological polar surface area (TPSA) is 58.6 Å². The predicted octanol–water partition coefficient (Wildman–Crippen LogP) is -0.0916. The van der Waals surface area contributed by atoms with E-state index in [9.17, 15) is 9.90 Å². The number of hydrogen-bond donors (Lipinski definition) is 2. The molecule has 0 saturated carbocycles. The summed E-state index contributed by atoms with van der Waals surface area (Å²) in [5, 5.41) is 12.6. The summed E-state index contributed by atoms with van der Waals surface area (Å²) in [6.45, 7) is 4.63. The summed E-state index contributed by atoms with van der Waals surface area (Å²) >= 11 is 0. The first kappa shape index (κ1) is 10.5. The molecule has 0 aromatic heterocycles. The molecule has 1 aliphatic rings. The molecule has 0 amide bonds. The Bertz CT molecular complexity index is 184. The fourth-order valence-electron chi connectivity index (χ4n) is 1.59. The maximum atomic E-state index is 11.3. The Morgan fingerprint density at radius 2 is 2.38 bits per heavy atom. The number of carbonyl (C=O) groups is 1. The lowest BCUT2D eigenvalue weighted by Gasteiger charge is -2.30. The molecule has 76 valence electrons. The number of aliphatic hydroxyl groups is 1. The molecule has 1 unspecified atom stereocenters. The highest BCUT2D eigenvalue weighted by molar-refractivity contribution is 5.73. The van der Waals surface area contributed by atoms with Gasteiger partial charge >= 0.3 is 5.97 Å². The largest absolute Gasteiger partial charge is 0.466 e. The quantitative estimate of drug-likeness (QED) is 0.593. The number of nitrogens with one attached hydrogen (secondary N) is 1. The van der Waals surface area contributed by atoms with E-state index >= 15 is 0 Å². The third-order valence-corrected chi connectivity index (χ3v) is 2.34. The molecule has 4 heteroatoms. The van der Waals surface area contributed by atoms with Crippen molar-refractivity contribution in [2.45, 2.75) is 32.4 Å². The standard InChI is InChI=1S/C9H17NO3/c1-3-13-9(12)7-4-6(2)10-5-8(7)11/h6-8,10-11H,3-5H2,1-2H3/t6-,7+,8?/m1/s1. The third kappa shape index (κ3) is 2.67. The number of hydrogen-bond acceptors (Lipinski definition) is 4. The second-order valence-corrected chi connectivity index (χ2v) is 3.47. The molecule has 0 aromatic carbocycles. The van der Waals surface area contributed by atoms with Crippen molar-refractivity contribution in [3.05, 3.63) is 0 Å². The molecular weight excluding hydrogens is 170 g/mol. The number of β-amino-alcohol motifs (C(OH)–C–C–N with tert-alkyl or cyclic N) is 1. The molecule has 0 aromatic rings. The summed E-state index contributed by atoms with van der Waals surface area (Å²) in [4.78, 5) is 11.3. The van der Waals surface area contributed by atoms with Crippen LogP contribution in [-0.2, 0) is 9.53 Å². The van der Waals surface area contributed by atoms with Crippen molar-refractivity contribution < 1.29 is 14.6 Å². The number of aliphatic hydroxyl groups excluding tert-OH is 1. The van der Waals surface area contributed by atoms with E-state index in [1.807, 2.05) is 6.92 Å². The van der Waals surface area contributed by atoms with Gasteiger partial charge < -0.3 is 15.2 Å². The van der Waals surface area contributed by atoms with Crippen molar-refractivity contribution in [2.75, 3.05) is 13.2 Å². The zero-order valence-corrected chi connectivity index (χ0v) is 8.12. The number of piperidine rings is 1. The Morgan fingerprint density at radius 1 is 1.69 bits per heavy atom. The lowest BCUT2D eigenvalue weighted by Crippen LogP contribution is -2.48. The van der Waals surface area contributed by atoms with Crippen LogP contribution in [0, 0.1) is 5.92 Å². The molecule has 13 heavy (non-hydrogen) atoms. The first-order valence-corrected chi connectivity index (χ1v) is 4.73. The number of rotatable bonds is 2. The van der Waals surface area contributed by atoms with Crippen LogP contribution < -0.4 is 5.32 Å². The molecule has 1 saturated heterocycles. The monoisotopic (exact) mass is 187 g/mol. The van der Waals surface area contributed by atoms with E-state index in [0.717, 1.165) is 0 Å². The number of ether oxygens (including phenoxy) is 1. The summed E-state index contributed by atoms with van der Waals surface area (Å²) in [5.41, 5.74) is 0. The average molecular weight is 187 g/mol. The second kappa shape index (κ2) is 4.58. The molecular formula is C9H17NO3. The van der Waals surface area contributed by atoms with Gasteiger partial charge in [0.15, 0.2) is 0 Å². The van der Waals surface area contributed by atoms with Crippen LogP contribution in [0.4, 0.5) is 0 Å². The van der Waals surface area contributed by atoms with Gasteiger partial charge in [0, 0.05) is 12.6 Å². The Labute approximate surface area is 78.3 Å².